The molecule has 0 atom stereocenters. The number of thioether (sulfide) groups is 1. The van der Waals surface area contributed by atoms with Crippen LogP contribution in [0.15, 0.2) is 59.8 Å². The molecule has 0 radical (unpaired) electrons. The Hall–Kier alpha value is -1.93. The van der Waals surface area contributed by atoms with E-state index in [9.17, 15) is 0 Å². The highest BCUT2D eigenvalue weighted by Crippen LogP contribution is 2.45. The zero-order valence-corrected chi connectivity index (χ0v) is 14.1. The number of rotatable bonds is 4. The van der Waals surface area contributed by atoms with Crippen LogP contribution in [0.1, 0.15) is 5.56 Å². The van der Waals surface area contributed by atoms with Crippen molar-refractivity contribution in [1.82, 2.24) is 20.2 Å². The van der Waals surface area contributed by atoms with Gasteiger partial charge in [0.2, 0.25) is 5.16 Å². The number of ether oxygens (including phenoxy) is 2. The number of benzene rings is 2. The van der Waals surface area contributed by atoms with E-state index in [1.54, 1.807) is 16.8 Å². The highest BCUT2D eigenvalue weighted by Gasteiger charge is 2.42. The summed E-state index contributed by atoms with van der Waals surface area (Å²) in [5.74, 6) is 0. The van der Waals surface area contributed by atoms with Gasteiger partial charge in [-0.15, -0.1) is 5.10 Å². The Kier molecular flexibility index (Phi) is 4.24. The second-order valence-corrected chi connectivity index (χ2v) is 6.61. The molecule has 3 aromatic rings. The van der Waals surface area contributed by atoms with Crippen molar-refractivity contribution in [2.24, 2.45) is 0 Å². The maximum atomic E-state index is 5.95. The number of hydrogen-bond acceptors (Lipinski definition) is 6. The van der Waals surface area contributed by atoms with Crippen LogP contribution >= 0.6 is 23.4 Å². The van der Waals surface area contributed by atoms with Crippen molar-refractivity contribution < 1.29 is 9.47 Å². The van der Waals surface area contributed by atoms with Crippen molar-refractivity contribution >= 4 is 23.4 Å². The SMILES string of the molecule is Clc1ccc(-n2nnnc2SC2(c3ccccc3)OCCO2)cc1. The lowest BCUT2D eigenvalue weighted by atomic mass is 10.2. The lowest BCUT2D eigenvalue weighted by Gasteiger charge is -2.25. The Bertz CT molecular complexity index is 820. The third-order valence-corrected chi connectivity index (χ3v) is 4.96. The first-order valence-corrected chi connectivity index (χ1v) is 8.53. The van der Waals surface area contributed by atoms with Crippen LogP contribution in [0.3, 0.4) is 0 Å². The minimum absolute atomic E-state index is 0.518. The molecule has 1 aliphatic rings. The molecule has 0 aliphatic carbocycles. The molecule has 0 bridgehead atoms. The summed E-state index contributed by atoms with van der Waals surface area (Å²) < 4.78 is 13.5. The van der Waals surface area contributed by atoms with Gasteiger partial charge >= 0.3 is 0 Å². The lowest BCUT2D eigenvalue weighted by molar-refractivity contribution is -0.0818. The van der Waals surface area contributed by atoms with E-state index in [0.717, 1.165) is 11.3 Å². The van der Waals surface area contributed by atoms with Crippen LogP contribution in [0.2, 0.25) is 5.02 Å². The molecule has 1 aliphatic heterocycles. The smallest absolute Gasteiger partial charge is 0.253 e. The van der Waals surface area contributed by atoms with E-state index in [0.29, 0.717) is 23.4 Å². The van der Waals surface area contributed by atoms with Gasteiger partial charge in [-0.2, -0.15) is 4.68 Å². The maximum absolute atomic E-state index is 5.95. The highest BCUT2D eigenvalue weighted by molar-refractivity contribution is 7.99. The van der Waals surface area contributed by atoms with Gasteiger partial charge in [0.05, 0.1) is 18.9 Å². The normalized spacial score (nSPS) is 16.4. The molecule has 2 aromatic carbocycles. The summed E-state index contributed by atoms with van der Waals surface area (Å²) in [6.07, 6.45) is 0. The van der Waals surface area contributed by atoms with Gasteiger partial charge in [-0.1, -0.05) is 41.9 Å². The second-order valence-electron chi connectivity index (χ2n) is 5.07. The molecule has 0 saturated carbocycles. The largest absolute Gasteiger partial charge is 0.335 e. The molecular formula is C16H13ClN4O2S. The number of tetrazole rings is 1. The quantitative estimate of drug-likeness (QED) is 0.711. The van der Waals surface area contributed by atoms with Crippen LogP contribution in [0, 0.1) is 0 Å². The first-order chi connectivity index (χ1) is 11.8. The van der Waals surface area contributed by atoms with Crippen LogP contribution in [-0.4, -0.2) is 33.4 Å². The van der Waals surface area contributed by atoms with Gasteiger partial charge in [0.15, 0.2) is 0 Å². The fraction of sp³-hybridized carbons (Fsp3) is 0.188. The molecule has 1 fully saturated rings. The van der Waals surface area contributed by atoms with Crippen LogP contribution in [0.25, 0.3) is 5.69 Å². The fourth-order valence-corrected chi connectivity index (χ4v) is 3.64. The van der Waals surface area contributed by atoms with Gasteiger partial charge in [0.1, 0.15) is 0 Å². The van der Waals surface area contributed by atoms with Crippen LogP contribution in [-0.2, 0) is 14.6 Å². The van der Waals surface area contributed by atoms with E-state index in [4.69, 9.17) is 21.1 Å². The number of aromatic nitrogens is 4. The molecule has 1 saturated heterocycles. The molecular weight excluding hydrogens is 348 g/mol. The monoisotopic (exact) mass is 360 g/mol. The van der Waals surface area contributed by atoms with E-state index in [2.05, 4.69) is 15.5 Å². The van der Waals surface area contributed by atoms with Gasteiger partial charge in [-0.05, 0) is 46.5 Å². The summed E-state index contributed by atoms with van der Waals surface area (Å²) in [4.78, 5) is 0. The number of halogens is 1. The molecule has 0 unspecified atom stereocenters. The molecule has 0 amide bonds. The zero-order valence-electron chi connectivity index (χ0n) is 12.5. The van der Waals surface area contributed by atoms with Gasteiger partial charge in [0.25, 0.3) is 5.12 Å². The molecule has 0 N–H and O–H groups in total. The Morgan fingerprint density at radius 1 is 1.00 bits per heavy atom. The summed E-state index contributed by atoms with van der Waals surface area (Å²) in [6, 6.07) is 17.1. The number of hydrogen-bond donors (Lipinski definition) is 0. The third kappa shape index (κ3) is 2.91. The summed E-state index contributed by atoms with van der Waals surface area (Å²) in [5, 5.41) is 12.3. The van der Waals surface area contributed by atoms with E-state index in [1.165, 1.54) is 11.8 Å². The average molecular weight is 361 g/mol. The fourth-order valence-electron chi connectivity index (χ4n) is 2.43. The van der Waals surface area contributed by atoms with Crippen molar-refractivity contribution in [3.63, 3.8) is 0 Å². The van der Waals surface area contributed by atoms with Crippen molar-refractivity contribution in [3.8, 4) is 5.69 Å². The summed E-state index contributed by atoms with van der Waals surface area (Å²) in [7, 11) is 0. The summed E-state index contributed by atoms with van der Waals surface area (Å²) in [5.41, 5.74) is 1.73. The number of nitrogens with zero attached hydrogens (tertiary/aromatic N) is 4. The van der Waals surface area contributed by atoms with Gasteiger partial charge in [-0.3, -0.25) is 0 Å². The highest BCUT2D eigenvalue weighted by atomic mass is 35.5. The minimum atomic E-state index is -0.944. The Morgan fingerprint density at radius 2 is 1.71 bits per heavy atom. The summed E-state index contributed by atoms with van der Waals surface area (Å²) >= 11 is 7.28. The van der Waals surface area contributed by atoms with Crippen LogP contribution in [0.5, 0.6) is 0 Å². The second kappa shape index (κ2) is 6.52. The Balaban J connectivity index is 1.70. The molecule has 24 heavy (non-hydrogen) atoms. The molecule has 8 heteroatoms. The van der Waals surface area contributed by atoms with Crippen LogP contribution in [0.4, 0.5) is 0 Å². The zero-order chi connectivity index (χ0) is 16.4. The predicted molar refractivity (Wildman–Crippen MR) is 90.0 cm³/mol. The van der Waals surface area contributed by atoms with Gasteiger partial charge < -0.3 is 9.47 Å². The molecule has 1 aromatic heterocycles. The predicted octanol–water partition coefficient (Wildman–Crippen LogP) is 3.27. The molecule has 2 heterocycles. The first-order valence-electron chi connectivity index (χ1n) is 7.34. The van der Waals surface area contributed by atoms with E-state index in [1.807, 2.05) is 42.5 Å². The van der Waals surface area contributed by atoms with Gasteiger partial charge in [-0.25, -0.2) is 0 Å². The molecule has 0 spiro atoms. The van der Waals surface area contributed by atoms with Crippen molar-refractivity contribution in [2.45, 2.75) is 10.3 Å². The topological polar surface area (TPSA) is 62.1 Å². The van der Waals surface area contributed by atoms with E-state index >= 15 is 0 Å². The van der Waals surface area contributed by atoms with Crippen molar-refractivity contribution in [1.29, 1.82) is 0 Å². The minimum Gasteiger partial charge on any atom is -0.335 e. The van der Waals surface area contributed by atoms with Crippen LogP contribution < -0.4 is 0 Å². The van der Waals surface area contributed by atoms with E-state index < -0.39 is 5.12 Å². The molecule has 122 valence electrons. The lowest BCUT2D eigenvalue weighted by Crippen LogP contribution is -2.23. The molecule has 6 nitrogen and oxygen atoms in total. The standard InChI is InChI=1S/C16H13ClN4O2S/c17-13-6-8-14(9-7-13)21-15(18-19-20-21)24-16(22-10-11-23-16)12-4-2-1-3-5-12/h1-9H,10-11H2. The summed E-state index contributed by atoms with van der Waals surface area (Å²) in [6.45, 7) is 1.04. The Morgan fingerprint density at radius 3 is 2.42 bits per heavy atom. The Labute approximate surface area is 147 Å². The van der Waals surface area contributed by atoms with Crippen molar-refractivity contribution in [3.05, 3.63) is 65.2 Å². The van der Waals surface area contributed by atoms with Gasteiger partial charge in [0, 0.05) is 10.6 Å². The maximum Gasteiger partial charge on any atom is 0.253 e. The average Bonchev–Trinajstić information content (AvgIpc) is 3.27. The third-order valence-electron chi connectivity index (χ3n) is 3.53. The molecule has 4 rings (SSSR count). The van der Waals surface area contributed by atoms with Crippen molar-refractivity contribution in [2.75, 3.05) is 13.2 Å². The first kappa shape index (κ1) is 15.6. The van der Waals surface area contributed by atoms with E-state index in [-0.39, 0.29) is 0 Å².